The van der Waals surface area contributed by atoms with Crippen LogP contribution in [0.15, 0.2) is 101 Å². The second-order valence-electron chi connectivity index (χ2n) is 8.80. The van der Waals surface area contributed by atoms with Crippen LogP contribution in [0.5, 0.6) is 11.5 Å². The van der Waals surface area contributed by atoms with Gasteiger partial charge in [0.2, 0.25) is 0 Å². The standard InChI is InChI=1S/C30H25Cl2F3N2O2S/c1-39-25-3-2-4-26(18-25)40-29(36-23-11-14-28(32)27(17-23)30(33,34)35)37(19-21-7-12-24(38)13-8-21)16-15-20-5-9-22(31)10-6-20/h2-14,17-18,38H,15-16,19H2,1H3. The number of rotatable bonds is 8. The zero-order chi connectivity index (χ0) is 28.7. The quantitative estimate of drug-likeness (QED) is 0.124. The monoisotopic (exact) mass is 604 g/mol. The van der Waals surface area contributed by atoms with Gasteiger partial charge in [0.25, 0.3) is 0 Å². The molecular weight excluding hydrogens is 580 g/mol. The third kappa shape index (κ3) is 8.34. The predicted molar refractivity (Wildman–Crippen MR) is 156 cm³/mol. The van der Waals surface area contributed by atoms with E-state index in [-0.39, 0.29) is 11.4 Å². The number of hydrogen-bond acceptors (Lipinski definition) is 4. The Morgan fingerprint density at radius 1 is 0.925 bits per heavy atom. The largest absolute Gasteiger partial charge is 0.508 e. The Morgan fingerprint density at radius 2 is 1.62 bits per heavy atom. The molecule has 4 nitrogen and oxygen atoms in total. The van der Waals surface area contributed by atoms with Gasteiger partial charge >= 0.3 is 6.18 Å². The summed E-state index contributed by atoms with van der Waals surface area (Å²) in [4.78, 5) is 7.49. The molecule has 1 N–H and O–H groups in total. The summed E-state index contributed by atoms with van der Waals surface area (Å²) >= 11 is 13.2. The van der Waals surface area contributed by atoms with Crippen LogP contribution in [0.25, 0.3) is 0 Å². The average Bonchev–Trinajstić information content (AvgIpc) is 2.93. The molecule has 0 aliphatic carbocycles. The minimum Gasteiger partial charge on any atom is -0.508 e. The molecule has 0 heterocycles. The first-order valence-corrected chi connectivity index (χ1v) is 13.7. The van der Waals surface area contributed by atoms with Gasteiger partial charge in [-0.1, -0.05) is 65.3 Å². The highest BCUT2D eigenvalue weighted by Crippen LogP contribution is 2.37. The third-order valence-corrected chi connectivity index (χ3v) is 7.50. The fourth-order valence-corrected chi connectivity index (χ4v) is 5.14. The van der Waals surface area contributed by atoms with Gasteiger partial charge in [-0.25, -0.2) is 4.99 Å². The van der Waals surface area contributed by atoms with Crippen molar-refractivity contribution in [2.45, 2.75) is 24.0 Å². The maximum Gasteiger partial charge on any atom is 0.417 e. The Labute approximate surface area is 245 Å². The smallest absolute Gasteiger partial charge is 0.417 e. The number of nitrogens with zero attached hydrogens (tertiary/aromatic N) is 2. The molecule has 0 aliphatic heterocycles. The van der Waals surface area contributed by atoms with Crippen molar-refractivity contribution >= 4 is 45.8 Å². The van der Waals surface area contributed by atoms with Gasteiger partial charge in [-0.15, -0.1) is 0 Å². The summed E-state index contributed by atoms with van der Waals surface area (Å²) in [5.41, 5.74) is 1.09. The van der Waals surface area contributed by atoms with Gasteiger partial charge in [0.15, 0.2) is 5.17 Å². The summed E-state index contributed by atoms with van der Waals surface area (Å²) < 4.78 is 46.2. The highest BCUT2D eigenvalue weighted by atomic mass is 35.5. The van der Waals surface area contributed by atoms with Crippen LogP contribution in [0.1, 0.15) is 16.7 Å². The molecule has 4 aromatic rings. The van der Waals surface area contributed by atoms with Crippen LogP contribution in [0.3, 0.4) is 0 Å². The minimum atomic E-state index is -4.62. The van der Waals surface area contributed by atoms with Crippen LogP contribution in [-0.4, -0.2) is 28.8 Å². The number of amidine groups is 1. The van der Waals surface area contributed by atoms with Gasteiger partial charge in [0.1, 0.15) is 11.5 Å². The zero-order valence-electron chi connectivity index (χ0n) is 21.3. The van der Waals surface area contributed by atoms with Crippen molar-refractivity contribution in [3.05, 3.63) is 118 Å². The normalized spacial score (nSPS) is 11.9. The van der Waals surface area contributed by atoms with Crippen LogP contribution in [0.4, 0.5) is 18.9 Å². The summed E-state index contributed by atoms with van der Waals surface area (Å²) in [7, 11) is 1.56. The molecule has 10 heteroatoms. The Morgan fingerprint density at radius 3 is 2.30 bits per heavy atom. The number of alkyl halides is 3. The van der Waals surface area contributed by atoms with Gasteiger partial charge < -0.3 is 14.7 Å². The summed E-state index contributed by atoms with van der Waals surface area (Å²) in [5, 5.41) is 10.5. The van der Waals surface area contributed by atoms with Crippen molar-refractivity contribution in [2.24, 2.45) is 4.99 Å². The molecule has 0 atom stereocenters. The molecule has 0 bridgehead atoms. The summed E-state index contributed by atoms with van der Waals surface area (Å²) in [5.74, 6) is 0.776. The van der Waals surface area contributed by atoms with Crippen LogP contribution in [0, 0.1) is 0 Å². The fourth-order valence-electron chi connectivity index (χ4n) is 3.82. The van der Waals surface area contributed by atoms with Gasteiger partial charge in [0, 0.05) is 23.0 Å². The molecule has 0 aliphatic rings. The topological polar surface area (TPSA) is 45.1 Å². The Hall–Kier alpha value is -3.33. The molecule has 0 saturated carbocycles. The first-order valence-electron chi connectivity index (χ1n) is 12.2. The average molecular weight is 606 g/mol. The van der Waals surface area contributed by atoms with E-state index in [4.69, 9.17) is 32.9 Å². The van der Waals surface area contributed by atoms with Crippen molar-refractivity contribution < 1.29 is 23.0 Å². The zero-order valence-corrected chi connectivity index (χ0v) is 23.7. The number of thioether (sulfide) groups is 1. The maximum absolute atomic E-state index is 13.6. The lowest BCUT2D eigenvalue weighted by Crippen LogP contribution is -2.30. The summed E-state index contributed by atoms with van der Waals surface area (Å²) in [6.07, 6.45) is -4.00. The highest BCUT2D eigenvalue weighted by molar-refractivity contribution is 8.13. The highest BCUT2D eigenvalue weighted by Gasteiger charge is 2.33. The van der Waals surface area contributed by atoms with E-state index in [0.29, 0.717) is 35.5 Å². The molecule has 208 valence electrons. The third-order valence-electron chi connectivity index (χ3n) is 5.89. The second kappa shape index (κ2) is 13.4. The first-order chi connectivity index (χ1) is 19.1. The Balaban J connectivity index is 1.77. The number of phenolic OH excluding ortho intramolecular Hbond substituents is 1. The van der Waals surface area contributed by atoms with Crippen LogP contribution in [-0.2, 0) is 19.1 Å². The van der Waals surface area contributed by atoms with Gasteiger partial charge in [-0.05, 0) is 78.2 Å². The van der Waals surface area contributed by atoms with E-state index in [2.05, 4.69) is 0 Å². The van der Waals surface area contributed by atoms with E-state index in [1.807, 2.05) is 53.4 Å². The van der Waals surface area contributed by atoms with Gasteiger partial charge in [0.05, 0.1) is 23.4 Å². The molecule has 40 heavy (non-hydrogen) atoms. The minimum absolute atomic E-state index is 0.115. The number of halogens is 5. The Kier molecular flexibility index (Phi) is 9.90. The van der Waals surface area contributed by atoms with Crippen molar-refractivity contribution in [1.29, 1.82) is 0 Å². The van der Waals surface area contributed by atoms with E-state index in [0.717, 1.165) is 22.1 Å². The lowest BCUT2D eigenvalue weighted by atomic mass is 10.1. The molecule has 0 aromatic heterocycles. The number of aliphatic imine (C=N–C) groups is 1. The number of hydrogen-bond donors (Lipinski definition) is 1. The predicted octanol–water partition coefficient (Wildman–Crippen LogP) is 9.25. The molecule has 4 rings (SSSR count). The lowest BCUT2D eigenvalue weighted by Gasteiger charge is -2.26. The van der Waals surface area contributed by atoms with E-state index in [1.54, 1.807) is 31.4 Å². The van der Waals surface area contributed by atoms with Crippen molar-refractivity contribution in [2.75, 3.05) is 13.7 Å². The molecule has 0 radical (unpaired) electrons. The van der Waals surface area contributed by atoms with E-state index < -0.39 is 16.8 Å². The molecule has 0 unspecified atom stereocenters. The van der Waals surface area contributed by atoms with Crippen molar-refractivity contribution in [1.82, 2.24) is 4.90 Å². The molecule has 0 amide bonds. The van der Waals surface area contributed by atoms with Gasteiger partial charge in [-0.3, -0.25) is 0 Å². The van der Waals surface area contributed by atoms with E-state index in [9.17, 15) is 18.3 Å². The molecule has 0 spiro atoms. The lowest BCUT2D eigenvalue weighted by molar-refractivity contribution is -0.137. The number of methoxy groups -OCH3 is 1. The number of aromatic hydroxyl groups is 1. The Bertz CT molecular complexity index is 1460. The van der Waals surface area contributed by atoms with Crippen LogP contribution < -0.4 is 4.74 Å². The second-order valence-corrected chi connectivity index (χ2v) is 10.7. The number of ether oxygens (including phenoxy) is 1. The van der Waals surface area contributed by atoms with Crippen molar-refractivity contribution in [3.8, 4) is 11.5 Å². The molecule has 4 aromatic carbocycles. The van der Waals surface area contributed by atoms with Crippen LogP contribution >= 0.6 is 35.0 Å². The fraction of sp³-hybridized carbons (Fsp3) is 0.167. The molecular formula is C30H25Cl2F3N2O2S. The van der Waals surface area contributed by atoms with E-state index in [1.165, 1.54) is 23.9 Å². The first kappa shape index (κ1) is 29.6. The summed E-state index contributed by atoms with van der Waals surface area (Å²) in [6.45, 7) is 0.890. The maximum atomic E-state index is 13.6. The van der Waals surface area contributed by atoms with Gasteiger partial charge in [-0.2, -0.15) is 13.2 Å². The summed E-state index contributed by atoms with van der Waals surface area (Å²) in [6, 6.07) is 25.2. The van der Waals surface area contributed by atoms with E-state index >= 15 is 0 Å². The van der Waals surface area contributed by atoms with Crippen molar-refractivity contribution in [3.63, 3.8) is 0 Å². The SMILES string of the molecule is COc1cccc(SC(=Nc2ccc(Cl)c(C(F)(F)F)c2)N(CCc2ccc(Cl)cc2)Cc2ccc(O)cc2)c1. The van der Waals surface area contributed by atoms with Crippen LogP contribution in [0.2, 0.25) is 10.0 Å². The molecule has 0 fully saturated rings. The number of phenols is 1. The number of benzene rings is 4. The molecule has 0 saturated heterocycles.